The minimum absolute atomic E-state index is 0.0119. The molecule has 0 amide bonds. The Morgan fingerprint density at radius 3 is 2.37 bits per heavy atom. The van der Waals surface area contributed by atoms with Gasteiger partial charge in [-0.1, -0.05) is 6.92 Å². The van der Waals surface area contributed by atoms with Crippen LogP contribution in [-0.2, 0) is 10.0 Å². The molecule has 0 aliphatic heterocycles. The minimum Gasteiger partial charge on any atom is -0.313 e. The van der Waals surface area contributed by atoms with Crippen LogP contribution in [0.15, 0.2) is 29.2 Å². The van der Waals surface area contributed by atoms with Crippen LogP contribution in [0.2, 0.25) is 0 Å². The molecular formula is C11H17N3O4S. The summed E-state index contributed by atoms with van der Waals surface area (Å²) in [5, 5.41) is 13.6. The van der Waals surface area contributed by atoms with E-state index in [2.05, 4.69) is 10.0 Å². The lowest BCUT2D eigenvalue weighted by molar-refractivity contribution is -0.384. The number of sulfonamides is 1. The van der Waals surface area contributed by atoms with Gasteiger partial charge in [0.2, 0.25) is 10.0 Å². The molecule has 19 heavy (non-hydrogen) atoms. The minimum atomic E-state index is -3.63. The van der Waals surface area contributed by atoms with Gasteiger partial charge in [0, 0.05) is 24.7 Å². The van der Waals surface area contributed by atoms with Gasteiger partial charge in [-0.15, -0.1) is 0 Å². The zero-order chi connectivity index (χ0) is 14.5. The van der Waals surface area contributed by atoms with E-state index in [0.717, 1.165) is 6.54 Å². The molecule has 0 aliphatic carbocycles. The third kappa shape index (κ3) is 4.58. The van der Waals surface area contributed by atoms with E-state index in [1.54, 1.807) is 0 Å². The number of nitrogens with one attached hydrogen (secondary N) is 2. The second kappa shape index (κ2) is 6.60. The molecule has 1 rings (SSSR count). The van der Waals surface area contributed by atoms with E-state index in [-0.39, 0.29) is 23.2 Å². The number of nitro benzene ring substituents is 1. The van der Waals surface area contributed by atoms with Crippen molar-refractivity contribution in [1.82, 2.24) is 10.0 Å². The van der Waals surface area contributed by atoms with Gasteiger partial charge in [0.05, 0.1) is 9.82 Å². The topological polar surface area (TPSA) is 101 Å². The van der Waals surface area contributed by atoms with Gasteiger partial charge in [-0.2, -0.15) is 0 Å². The highest BCUT2D eigenvalue weighted by molar-refractivity contribution is 7.89. The molecule has 0 bridgehead atoms. The average molecular weight is 287 g/mol. The van der Waals surface area contributed by atoms with Crippen LogP contribution in [0.1, 0.15) is 13.8 Å². The van der Waals surface area contributed by atoms with E-state index in [4.69, 9.17) is 0 Å². The molecule has 7 nitrogen and oxygen atoms in total. The van der Waals surface area contributed by atoms with E-state index in [0.29, 0.717) is 0 Å². The van der Waals surface area contributed by atoms with Crippen molar-refractivity contribution in [3.05, 3.63) is 34.4 Å². The molecule has 0 unspecified atom stereocenters. The van der Waals surface area contributed by atoms with Gasteiger partial charge in [-0.05, 0) is 25.6 Å². The molecule has 8 heteroatoms. The van der Waals surface area contributed by atoms with Crippen molar-refractivity contribution in [3.63, 3.8) is 0 Å². The third-order valence-electron chi connectivity index (χ3n) is 2.49. The van der Waals surface area contributed by atoms with Gasteiger partial charge >= 0.3 is 0 Å². The lowest BCUT2D eigenvalue weighted by Crippen LogP contribution is -2.38. The predicted molar refractivity (Wildman–Crippen MR) is 71.4 cm³/mol. The SMILES string of the molecule is CCN[C@@H](C)CNS(=O)(=O)c1ccc([N+](=O)[O-])cc1. The van der Waals surface area contributed by atoms with E-state index >= 15 is 0 Å². The number of hydrogen-bond donors (Lipinski definition) is 2. The summed E-state index contributed by atoms with van der Waals surface area (Å²) in [5.74, 6) is 0. The fourth-order valence-electron chi connectivity index (χ4n) is 1.49. The van der Waals surface area contributed by atoms with Crippen LogP contribution < -0.4 is 10.0 Å². The highest BCUT2D eigenvalue weighted by Gasteiger charge is 2.16. The summed E-state index contributed by atoms with van der Waals surface area (Å²) in [7, 11) is -3.63. The Balaban J connectivity index is 2.74. The number of hydrogen-bond acceptors (Lipinski definition) is 5. The van der Waals surface area contributed by atoms with Gasteiger partial charge in [-0.25, -0.2) is 13.1 Å². The summed E-state index contributed by atoms with van der Waals surface area (Å²) in [6.07, 6.45) is 0. The first-order valence-electron chi connectivity index (χ1n) is 5.84. The van der Waals surface area contributed by atoms with Gasteiger partial charge < -0.3 is 5.32 Å². The zero-order valence-electron chi connectivity index (χ0n) is 10.8. The molecule has 1 aromatic rings. The third-order valence-corrected chi connectivity index (χ3v) is 3.93. The van der Waals surface area contributed by atoms with Crippen LogP contribution in [0.5, 0.6) is 0 Å². The Labute approximate surface area is 112 Å². The summed E-state index contributed by atoms with van der Waals surface area (Å²) >= 11 is 0. The van der Waals surface area contributed by atoms with E-state index in [9.17, 15) is 18.5 Å². The summed E-state index contributed by atoms with van der Waals surface area (Å²) in [4.78, 5) is 9.92. The second-order valence-corrected chi connectivity index (χ2v) is 5.83. The summed E-state index contributed by atoms with van der Waals surface area (Å²) in [6, 6.07) is 4.79. The molecule has 1 aromatic carbocycles. The smallest absolute Gasteiger partial charge is 0.269 e. The first-order chi connectivity index (χ1) is 8.86. The largest absolute Gasteiger partial charge is 0.313 e. The molecule has 2 N–H and O–H groups in total. The molecule has 0 saturated carbocycles. The van der Waals surface area contributed by atoms with Gasteiger partial charge in [-0.3, -0.25) is 10.1 Å². The fraction of sp³-hybridized carbons (Fsp3) is 0.455. The maximum Gasteiger partial charge on any atom is 0.269 e. The molecule has 1 atom stereocenters. The fourth-order valence-corrected chi connectivity index (χ4v) is 2.62. The quantitative estimate of drug-likeness (QED) is 0.572. The van der Waals surface area contributed by atoms with Crippen molar-refractivity contribution in [1.29, 1.82) is 0 Å². The Morgan fingerprint density at radius 1 is 1.32 bits per heavy atom. The number of benzene rings is 1. The van der Waals surface area contributed by atoms with Crippen LogP contribution in [0.3, 0.4) is 0 Å². The zero-order valence-corrected chi connectivity index (χ0v) is 11.6. The Morgan fingerprint density at radius 2 is 1.89 bits per heavy atom. The summed E-state index contributed by atoms with van der Waals surface area (Å²) in [6.45, 7) is 4.80. The van der Waals surface area contributed by atoms with E-state index < -0.39 is 14.9 Å². The lowest BCUT2D eigenvalue weighted by Gasteiger charge is -2.13. The van der Waals surface area contributed by atoms with E-state index in [1.807, 2.05) is 13.8 Å². The molecule has 0 aromatic heterocycles. The van der Waals surface area contributed by atoms with Gasteiger partial charge in [0.25, 0.3) is 5.69 Å². The Hall–Kier alpha value is -1.51. The summed E-state index contributed by atoms with van der Waals surface area (Å²) in [5.41, 5.74) is -0.139. The predicted octanol–water partition coefficient (Wildman–Crippen LogP) is 0.871. The number of nitrogens with zero attached hydrogens (tertiary/aromatic N) is 1. The van der Waals surface area contributed by atoms with Crippen molar-refractivity contribution >= 4 is 15.7 Å². The van der Waals surface area contributed by atoms with Gasteiger partial charge in [0.15, 0.2) is 0 Å². The molecule has 0 saturated heterocycles. The molecule has 106 valence electrons. The summed E-state index contributed by atoms with van der Waals surface area (Å²) < 4.78 is 26.3. The Bertz CT molecular complexity index is 527. The Kier molecular flexibility index (Phi) is 5.40. The maximum atomic E-state index is 11.9. The van der Waals surface area contributed by atoms with Crippen LogP contribution in [-0.4, -0.2) is 32.5 Å². The first-order valence-corrected chi connectivity index (χ1v) is 7.32. The highest BCUT2D eigenvalue weighted by Crippen LogP contribution is 2.15. The van der Waals surface area contributed by atoms with Crippen LogP contribution in [0.4, 0.5) is 5.69 Å². The number of nitro groups is 1. The van der Waals surface area contributed by atoms with Crippen molar-refractivity contribution in [2.75, 3.05) is 13.1 Å². The van der Waals surface area contributed by atoms with E-state index in [1.165, 1.54) is 24.3 Å². The van der Waals surface area contributed by atoms with Gasteiger partial charge in [0.1, 0.15) is 0 Å². The van der Waals surface area contributed by atoms with Crippen molar-refractivity contribution < 1.29 is 13.3 Å². The molecule has 0 heterocycles. The molecule has 0 aliphatic rings. The monoisotopic (exact) mass is 287 g/mol. The lowest BCUT2D eigenvalue weighted by atomic mass is 10.3. The molecule has 0 radical (unpaired) electrons. The standard InChI is InChI=1S/C11H17N3O4S/c1-3-12-9(2)8-13-19(17,18)11-6-4-10(5-7-11)14(15)16/h4-7,9,12-13H,3,8H2,1-2H3/t9-/m0/s1. The number of rotatable bonds is 7. The molecule has 0 fully saturated rings. The molecule has 0 spiro atoms. The van der Waals surface area contributed by atoms with Crippen LogP contribution in [0.25, 0.3) is 0 Å². The number of likely N-dealkylation sites (N-methyl/N-ethyl adjacent to an activating group) is 1. The highest BCUT2D eigenvalue weighted by atomic mass is 32.2. The maximum absolute atomic E-state index is 11.9. The average Bonchev–Trinajstić information content (AvgIpc) is 2.37. The second-order valence-electron chi connectivity index (χ2n) is 4.06. The first kappa shape index (κ1) is 15.5. The van der Waals surface area contributed by atoms with Crippen LogP contribution in [0, 0.1) is 10.1 Å². The van der Waals surface area contributed by atoms with Crippen molar-refractivity contribution in [3.8, 4) is 0 Å². The van der Waals surface area contributed by atoms with Crippen molar-refractivity contribution in [2.45, 2.75) is 24.8 Å². The molecular weight excluding hydrogens is 270 g/mol. The van der Waals surface area contributed by atoms with Crippen molar-refractivity contribution in [2.24, 2.45) is 0 Å². The number of non-ortho nitro benzene ring substituents is 1. The van der Waals surface area contributed by atoms with Crippen LogP contribution >= 0.6 is 0 Å². The normalized spacial score (nSPS) is 13.2.